The molecule has 0 saturated heterocycles. The number of hydrogen-bond acceptors (Lipinski definition) is 3. The van der Waals surface area contributed by atoms with Gasteiger partial charge in [0, 0.05) is 37.7 Å². The van der Waals surface area contributed by atoms with E-state index in [1.165, 1.54) is 0 Å². The molecule has 2 aromatic rings. The number of halogens is 1. The fraction of sp³-hybridized carbons (Fsp3) is 0.524. The molecule has 1 aromatic carbocycles. The van der Waals surface area contributed by atoms with E-state index >= 15 is 0 Å². The van der Waals surface area contributed by atoms with Crippen LogP contribution >= 0.6 is 0 Å². The molecule has 0 unspecified atom stereocenters. The highest BCUT2D eigenvalue weighted by molar-refractivity contribution is 5.79. The third-order valence-electron chi connectivity index (χ3n) is 5.66. The number of benzene rings is 1. The molecule has 1 aromatic heterocycles. The van der Waals surface area contributed by atoms with Gasteiger partial charge in [-0.1, -0.05) is 24.1 Å². The Kier molecular flexibility index (Phi) is 5.25. The van der Waals surface area contributed by atoms with Gasteiger partial charge in [0.2, 0.25) is 5.91 Å². The van der Waals surface area contributed by atoms with E-state index in [-0.39, 0.29) is 17.6 Å². The zero-order chi connectivity index (χ0) is 18.8. The van der Waals surface area contributed by atoms with Gasteiger partial charge >= 0.3 is 0 Å². The van der Waals surface area contributed by atoms with E-state index < -0.39 is 0 Å². The number of amides is 1. The summed E-state index contributed by atoms with van der Waals surface area (Å²) >= 11 is 0. The third-order valence-corrected chi connectivity index (χ3v) is 5.66. The predicted molar refractivity (Wildman–Crippen MR) is 101 cm³/mol. The molecule has 2 aliphatic rings. The van der Waals surface area contributed by atoms with Gasteiger partial charge in [-0.15, -0.1) is 0 Å². The van der Waals surface area contributed by atoms with Gasteiger partial charge < -0.3 is 5.32 Å². The van der Waals surface area contributed by atoms with Crippen LogP contribution in [-0.2, 0) is 31.0 Å². The van der Waals surface area contributed by atoms with Gasteiger partial charge in [0.05, 0.1) is 17.9 Å². The lowest BCUT2D eigenvalue weighted by atomic mass is 9.85. The fourth-order valence-electron chi connectivity index (χ4n) is 3.87. The standard InChI is InChI=1S/C21H27FN4O/c1-15-6-7-20(22)17(10-15)13-25-8-3-9-26-19(14-25)11-18(24-26)12-23-21(27)16-4-2-5-16/h6-7,10-11,16H,2-5,8-9,12-14H2,1H3,(H,23,27). The molecule has 1 saturated carbocycles. The van der Waals surface area contributed by atoms with Gasteiger partial charge in [0.1, 0.15) is 5.82 Å². The van der Waals surface area contributed by atoms with Crippen molar-refractivity contribution in [2.24, 2.45) is 5.92 Å². The Balaban J connectivity index is 1.40. The number of nitrogens with zero attached hydrogens (tertiary/aromatic N) is 3. The Hall–Kier alpha value is -2.21. The molecule has 144 valence electrons. The minimum atomic E-state index is -0.141. The van der Waals surface area contributed by atoms with Crippen LogP contribution in [0, 0.1) is 18.7 Å². The van der Waals surface area contributed by atoms with E-state index in [1.807, 2.05) is 17.7 Å². The molecule has 1 amide bonds. The first-order valence-electron chi connectivity index (χ1n) is 9.89. The zero-order valence-corrected chi connectivity index (χ0v) is 15.9. The summed E-state index contributed by atoms with van der Waals surface area (Å²) in [4.78, 5) is 14.3. The highest BCUT2D eigenvalue weighted by Crippen LogP contribution is 2.26. The molecule has 0 bridgehead atoms. The summed E-state index contributed by atoms with van der Waals surface area (Å²) in [7, 11) is 0. The summed E-state index contributed by atoms with van der Waals surface area (Å²) in [5.74, 6) is 0.212. The molecule has 1 aliphatic heterocycles. The second-order valence-electron chi connectivity index (χ2n) is 7.85. The SMILES string of the molecule is Cc1ccc(F)c(CN2CCCn3nc(CNC(=O)C4CCC4)cc3C2)c1. The minimum absolute atomic E-state index is 0.141. The quantitative estimate of drug-likeness (QED) is 0.880. The number of nitrogens with one attached hydrogen (secondary N) is 1. The summed E-state index contributed by atoms with van der Waals surface area (Å²) in [6.07, 6.45) is 4.16. The fourth-order valence-corrected chi connectivity index (χ4v) is 3.87. The van der Waals surface area contributed by atoms with Crippen LogP contribution in [0.2, 0.25) is 0 Å². The molecule has 1 fully saturated rings. The maximum absolute atomic E-state index is 14.1. The Morgan fingerprint density at radius 3 is 2.89 bits per heavy atom. The largest absolute Gasteiger partial charge is 0.350 e. The average molecular weight is 370 g/mol. The lowest BCUT2D eigenvalue weighted by Crippen LogP contribution is -2.34. The second kappa shape index (κ2) is 7.80. The van der Waals surface area contributed by atoms with Crippen molar-refractivity contribution in [2.75, 3.05) is 6.54 Å². The van der Waals surface area contributed by atoms with Crippen LogP contribution in [0.5, 0.6) is 0 Å². The van der Waals surface area contributed by atoms with Crippen molar-refractivity contribution in [3.8, 4) is 0 Å². The van der Waals surface area contributed by atoms with Gasteiger partial charge in [-0.05, 0) is 38.3 Å². The lowest BCUT2D eigenvalue weighted by Gasteiger charge is -2.23. The molecule has 5 nitrogen and oxygen atoms in total. The van der Waals surface area contributed by atoms with Crippen molar-refractivity contribution in [1.82, 2.24) is 20.0 Å². The van der Waals surface area contributed by atoms with Crippen LogP contribution in [0.25, 0.3) is 0 Å². The Morgan fingerprint density at radius 1 is 1.26 bits per heavy atom. The molecule has 2 heterocycles. The Labute approximate surface area is 159 Å². The van der Waals surface area contributed by atoms with Gasteiger partial charge in [-0.25, -0.2) is 4.39 Å². The molecular formula is C21H27FN4O. The number of hydrogen-bond donors (Lipinski definition) is 1. The van der Waals surface area contributed by atoms with Crippen molar-refractivity contribution in [1.29, 1.82) is 0 Å². The number of carbonyl (C=O) groups excluding carboxylic acids is 1. The van der Waals surface area contributed by atoms with E-state index in [9.17, 15) is 9.18 Å². The molecule has 0 radical (unpaired) electrons. The molecule has 0 spiro atoms. The second-order valence-corrected chi connectivity index (χ2v) is 7.85. The van der Waals surface area contributed by atoms with Crippen LogP contribution in [0.1, 0.15) is 48.2 Å². The van der Waals surface area contributed by atoms with Crippen molar-refractivity contribution in [3.05, 3.63) is 52.6 Å². The van der Waals surface area contributed by atoms with Crippen molar-refractivity contribution in [2.45, 2.75) is 58.8 Å². The molecule has 4 rings (SSSR count). The highest BCUT2D eigenvalue weighted by Gasteiger charge is 2.25. The van der Waals surface area contributed by atoms with Crippen LogP contribution in [0.15, 0.2) is 24.3 Å². The number of aryl methyl sites for hydroxylation is 2. The normalized spacial score (nSPS) is 17.9. The third kappa shape index (κ3) is 4.21. The summed E-state index contributed by atoms with van der Waals surface area (Å²) in [5.41, 5.74) is 3.86. The maximum Gasteiger partial charge on any atom is 0.223 e. The first-order chi connectivity index (χ1) is 13.1. The summed E-state index contributed by atoms with van der Waals surface area (Å²) in [6, 6.07) is 7.36. The minimum Gasteiger partial charge on any atom is -0.350 e. The number of fused-ring (bicyclic) bond motifs is 1. The molecular weight excluding hydrogens is 343 g/mol. The topological polar surface area (TPSA) is 50.2 Å². The lowest BCUT2D eigenvalue weighted by molar-refractivity contribution is -0.127. The number of carbonyl (C=O) groups is 1. The van der Waals surface area contributed by atoms with Crippen molar-refractivity contribution >= 4 is 5.91 Å². The van der Waals surface area contributed by atoms with Gasteiger partial charge in [-0.3, -0.25) is 14.4 Å². The van der Waals surface area contributed by atoms with E-state index in [0.29, 0.717) is 13.1 Å². The van der Waals surface area contributed by atoms with E-state index in [0.717, 1.165) is 67.8 Å². The van der Waals surface area contributed by atoms with E-state index in [2.05, 4.69) is 21.4 Å². The molecule has 1 aliphatic carbocycles. The summed E-state index contributed by atoms with van der Waals surface area (Å²) < 4.78 is 16.2. The van der Waals surface area contributed by atoms with Gasteiger partial charge in [0.15, 0.2) is 0 Å². The monoisotopic (exact) mass is 370 g/mol. The molecule has 0 atom stereocenters. The van der Waals surface area contributed by atoms with Crippen LogP contribution in [0.4, 0.5) is 4.39 Å². The van der Waals surface area contributed by atoms with E-state index in [1.54, 1.807) is 12.1 Å². The van der Waals surface area contributed by atoms with Crippen molar-refractivity contribution < 1.29 is 9.18 Å². The molecule has 1 N–H and O–H groups in total. The van der Waals surface area contributed by atoms with Crippen molar-refractivity contribution in [3.63, 3.8) is 0 Å². The first kappa shape index (κ1) is 18.2. The van der Waals surface area contributed by atoms with E-state index in [4.69, 9.17) is 0 Å². The average Bonchev–Trinajstić information content (AvgIpc) is 2.87. The van der Waals surface area contributed by atoms with Gasteiger partial charge in [0.25, 0.3) is 0 Å². The van der Waals surface area contributed by atoms with Crippen LogP contribution in [0.3, 0.4) is 0 Å². The number of aromatic nitrogens is 2. The predicted octanol–water partition coefficient (Wildman–Crippen LogP) is 3.15. The van der Waals surface area contributed by atoms with Crippen LogP contribution in [-0.4, -0.2) is 27.1 Å². The van der Waals surface area contributed by atoms with Gasteiger partial charge in [-0.2, -0.15) is 5.10 Å². The smallest absolute Gasteiger partial charge is 0.223 e. The first-order valence-corrected chi connectivity index (χ1v) is 9.89. The molecule has 27 heavy (non-hydrogen) atoms. The maximum atomic E-state index is 14.1. The highest BCUT2D eigenvalue weighted by atomic mass is 19.1. The summed E-state index contributed by atoms with van der Waals surface area (Å²) in [5, 5.41) is 7.67. The summed E-state index contributed by atoms with van der Waals surface area (Å²) in [6.45, 7) is 5.61. The number of rotatable bonds is 5. The Morgan fingerprint density at radius 2 is 2.11 bits per heavy atom. The van der Waals surface area contributed by atoms with Crippen LogP contribution < -0.4 is 5.32 Å². The zero-order valence-electron chi connectivity index (χ0n) is 15.9. The Bertz CT molecular complexity index is 828. The molecule has 6 heteroatoms.